The summed E-state index contributed by atoms with van der Waals surface area (Å²) in [6.45, 7) is 8.01. The molecule has 1 atom stereocenters. The molecule has 1 amide bonds. The molecule has 0 saturated carbocycles. The first-order valence-corrected chi connectivity index (χ1v) is 6.96. The van der Waals surface area contributed by atoms with Gasteiger partial charge in [0.25, 0.3) is 5.91 Å². The number of phenolic OH excluding ortho intramolecular Hbond substituents is 1. The number of rotatable bonds is 3. The molecule has 2 N–H and O–H groups in total. The van der Waals surface area contributed by atoms with Crippen LogP contribution >= 0.6 is 0 Å². The third-order valence-corrected chi connectivity index (χ3v) is 3.72. The van der Waals surface area contributed by atoms with Gasteiger partial charge in [0, 0.05) is 5.56 Å². The fourth-order valence-corrected chi connectivity index (χ4v) is 2.22. The highest BCUT2D eigenvalue weighted by Crippen LogP contribution is 2.26. The number of phenols is 1. The first-order chi connectivity index (χ1) is 9.97. The van der Waals surface area contributed by atoms with E-state index in [4.69, 9.17) is 0 Å². The van der Waals surface area contributed by atoms with Crippen LogP contribution in [0.4, 0.5) is 0 Å². The molecule has 0 bridgehead atoms. The number of hydrogen-bond acceptors (Lipinski definition) is 3. The summed E-state index contributed by atoms with van der Waals surface area (Å²) in [6.07, 6.45) is 3.91. The Kier molecular flexibility index (Phi) is 4.58. The highest BCUT2D eigenvalue weighted by Gasteiger charge is 2.18. The molecular weight excluding hydrogens is 264 g/mol. The van der Waals surface area contributed by atoms with E-state index < -0.39 is 0 Å². The first kappa shape index (κ1) is 15.0. The van der Waals surface area contributed by atoms with Gasteiger partial charge in [-0.1, -0.05) is 18.2 Å². The second kappa shape index (κ2) is 6.39. The van der Waals surface area contributed by atoms with Crippen molar-refractivity contribution >= 4 is 11.6 Å². The van der Waals surface area contributed by atoms with E-state index in [0.29, 0.717) is 11.5 Å². The highest BCUT2D eigenvalue weighted by molar-refractivity contribution is 6.02. The molecule has 0 fully saturated rings. The summed E-state index contributed by atoms with van der Waals surface area (Å²) in [6, 6.07) is 6.08. The number of hydrazone groups is 1. The third-order valence-electron chi connectivity index (χ3n) is 3.72. The lowest BCUT2D eigenvalue weighted by atomic mass is 9.85. The van der Waals surface area contributed by atoms with Crippen molar-refractivity contribution in [2.24, 2.45) is 11.0 Å². The van der Waals surface area contributed by atoms with Crippen molar-refractivity contribution in [1.29, 1.82) is 0 Å². The van der Waals surface area contributed by atoms with Gasteiger partial charge in [-0.05, 0) is 62.4 Å². The molecule has 2 rings (SSSR count). The van der Waals surface area contributed by atoms with Crippen LogP contribution in [0.25, 0.3) is 0 Å². The monoisotopic (exact) mass is 284 g/mol. The summed E-state index contributed by atoms with van der Waals surface area (Å²) in [5.41, 5.74) is 6.16. The topological polar surface area (TPSA) is 61.7 Å². The van der Waals surface area contributed by atoms with Crippen molar-refractivity contribution in [2.75, 3.05) is 0 Å². The van der Waals surface area contributed by atoms with Gasteiger partial charge in [-0.3, -0.25) is 4.79 Å². The quantitative estimate of drug-likeness (QED) is 0.660. The van der Waals surface area contributed by atoms with Crippen LogP contribution in [0.2, 0.25) is 0 Å². The molecule has 0 aromatic heterocycles. The summed E-state index contributed by atoms with van der Waals surface area (Å²) >= 11 is 0. The molecule has 0 radical (unpaired) electrons. The standard InChI is InChI=1S/C17H20N2O2/c1-11(2)14-5-4-12(3)16(10-14)18-19-17(21)13-6-8-15(20)9-7-13/h4,6-9,14,20H,1,5,10H2,2-3H3,(H,19,21)/t14-/m0/s1. The van der Waals surface area contributed by atoms with E-state index in [-0.39, 0.29) is 11.7 Å². The molecule has 110 valence electrons. The Bertz CT molecular complexity index is 612. The molecule has 4 nitrogen and oxygen atoms in total. The van der Waals surface area contributed by atoms with Gasteiger partial charge in [0.15, 0.2) is 0 Å². The minimum absolute atomic E-state index is 0.133. The van der Waals surface area contributed by atoms with Gasteiger partial charge in [-0.25, -0.2) is 5.43 Å². The molecule has 1 aliphatic carbocycles. The van der Waals surface area contributed by atoms with Crippen LogP contribution in [-0.4, -0.2) is 16.7 Å². The van der Waals surface area contributed by atoms with E-state index in [0.717, 1.165) is 29.7 Å². The normalized spacial score (nSPS) is 20.0. The number of carbonyl (C=O) groups is 1. The summed E-state index contributed by atoms with van der Waals surface area (Å²) in [5, 5.41) is 13.5. The Balaban J connectivity index is 2.07. The van der Waals surface area contributed by atoms with Crippen molar-refractivity contribution < 1.29 is 9.90 Å². The van der Waals surface area contributed by atoms with Gasteiger partial charge < -0.3 is 5.11 Å². The molecular formula is C17H20N2O2. The van der Waals surface area contributed by atoms with E-state index in [2.05, 4.69) is 23.2 Å². The van der Waals surface area contributed by atoms with Crippen molar-refractivity contribution in [3.8, 4) is 5.75 Å². The summed E-state index contributed by atoms with van der Waals surface area (Å²) in [5.74, 6) is 0.235. The van der Waals surface area contributed by atoms with Crippen LogP contribution < -0.4 is 5.43 Å². The molecule has 1 aromatic rings. The molecule has 0 heterocycles. The minimum Gasteiger partial charge on any atom is -0.508 e. The maximum absolute atomic E-state index is 12.0. The van der Waals surface area contributed by atoms with Crippen LogP contribution in [0.5, 0.6) is 5.75 Å². The van der Waals surface area contributed by atoms with Gasteiger partial charge in [-0.15, -0.1) is 0 Å². The molecule has 0 unspecified atom stereocenters. The Morgan fingerprint density at radius 1 is 1.38 bits per heavy atom. The Morgan fingerprint density at radius 2 is 2.05 bits per heavy atom. The van der Waals surface area contributed by atoms with Crippen LogP contribution in [0.15, 0.2) is 53.2 Å². The average molecular weight is 284 g/mol. The molecule has 1 aromatic carbocycles. The fraction of sp³-hybridized carbons (Fsp3) is 0.294. The minimum atomic E-state index is -0.284. The van der Waals surface area contributed by atoms with Crippen molar-refractivity contribution in [1.82, 2.24) is 5.43 Å². The zero-order valence-corrected chi connectivity index (χ0v) is 12.4. The maximum Gasteiger partial charge on any atom is 0.271 e. The second-order valence-electron chi connectivity index (χ2n) is 5.42. The van der Waals surface area contributed by atoms with E-state index in [1.54, 1.807) is 12.1 Å². The lowest BCUT2D eigenvalue weighted by molar-refractivity contribution is 0.0954. The van der Waals surface area contributed by atoms with Crippen LogP contribution in [-0.2, 0) is 0 Å². The largest absolute Gasteiger partial charge is 0.508 e. The zero-order chi connectivity index (χ0) is 15.4. The fourth-order valence-electron chi connectivity index (χ4n) is 2.22. The number of nitrogens with one attached hydrogen (secondary N) is 1. The van der Waals surface area contributed by atoms with Crippen molar-refractivity contribution in [2.45, 2.75) is 26.7 Å². The van der Waals surface area contributed by atoms with Crippen LogP contribution in [0, 0.1) is 5.92 Å². The number of carbonyl (C=O) groups excluding carboxylic acids is 1. The predicted octanol–water partition coefficient (Wildman–Crippen LogP) is 3.41. The third kappa shape index (κ3) is 3.81. The first-order valence-electron chi connectivity index (χ1n) is 6.96. The molecule has 21 heavy (non-hydrogen) atoms. The number of hydrogen-bond donors (Lipinski definition) is 2. The second-order valence-corrected chi connectivity index (χ2v) is 5.42. The van der Waals surface area contributed by atoms with Crippen molar-refractivity contribution in [3.05, 3.63) is 53.6 Å². The number of nitrogens with zero attached hydrogens (tertiary/aromatic N) is 1. The smallest absolute Gasteiger partial charge is 0.271 e. The molecule has 0 saturated heterocycles. The number of allylic oxidation sites excluding steroid dienone is 3. The van der Waals surface area contributed by atoms with E-state index >= 15 is 0 Å². The van der Waals surface area contributed by atoms with Gasteiger partial charge in [-0.2, -0.15) is 5.10 Å². The summed E-state index contributed by atoms with van der Waals surface area (Å²) < 4.78 is 0. The lowest BCUT2D eigenvalue weighted by Gasteiger charge is -2.22. The molecule has 0 aliphatic heterocycles. The SMILES string of the molecule is C=C(C)[C@H]1CC=C(C)C(=NNC(=O)c2ccc(O)cc2)C1. The van der Waals surface area contributed by atoms with E-state index in [9.17, 15) is 9.90 Å². The number of aromatic hydroxyl groups is 1. The summed E-state index contributed by atoms with van der Waals surface area (Å²) in [4.78, 5) is 12.0. The number of amides is 1. The Hall–Kier alpha value is -2.36. The summed E-state index contributed by atoms with van der Waals surface area (Å²) in [7, 11) is 0. The Morgan fingerprint density at radius 3 is 2.67 bits per heavy atom. The van der Waals surface area contributed by atoms with Crippen molar-refractivity contribution in [3.63, 3.8) is 0 Å². The maximum atomic E-state index is 12.0. The van der Waals surface area contributed by atoms with Gasteiger partial charge in [0.1, 0.15) is 5.75 Å². The highest BCUT2D eigenvalue weighted by atomic mass is 16.3. The zero-order valence-electron chi connectivity index (χ0n) is 12.4. The average Bonchev–Trinajstić information content (AvgIpc) is 2.46. The lowest BCUT2D eigenvalue weighted by Crippen LogP contribution is -2.23. The van der Waals surface area contributed by atoms with Gasteiger partial charge >= 0.3 is 0 Å². The van der Waals surface area contributed by atoms with E-state index in [1.807, 2.05) is 13.8 Å². The van der Waals surface area contributed by atoms with Crippen LogP contribution in [0.1, 0.15) is 37.0 Å². The number of benzene rings is 1. The van der Waals surface area contributed by atoms with Crippen LogP contribution in [0.3, 0.4) is 0 Å². The van der Waals surface area contributed by atoms with E-state index in [1.165, 1.54) is 12.1 Å². The predicted molar refractivity (Wildman–Crippen MR) is 84.3 cm³/mol. The molecule has 1 aliphatic rings. The van der Waals surface area contributed by atoms with Gasteiger partial charge in [0.2, 0.25) is 0 Å². The van der Waals surface area contributed by atoms with Gasteiger partial charge in [0.05, 0.1) is 5.71 Å². The Labute approximate surface area is 124 Å². The molecule has 0 spiro atoms. The molecule has 4 heteroatoms.